The highest BCUT2D eigenvalue weighted by atomic mass is 35.5. The molecule has 0 aromatic heterocycles. The monoisotopic (exact) mass is 445 g/mol. The molecule has 0 aliphatic carbocycles. The molecule has 3 amide bonds. The highest BCUT2D eigenvalue weighted by Crippen LogP contribution is 2.25. The number of hydrogen-bond donors (Lipinski definition) is 2. The van der Waals surface area contributed by atoms with Crippen molar-refractivity contribution in [3.63, 3.8) is 0 Å². The van der Waals surface area contributed by atoms with Crippen molar-refractivity contribution < 1.29 is 19.1 Å². The van der Waals surface area contributed by atoms with Gasteiger partial charge in [0.2, 0.25) is 0 Å². The van der Waals surface area contributed by atoms with Gasteiger partial charge < -0.3 is 20.3 Å². The van der Waals surface area contributed by atoms with Gasteiger partial charge in [0.1, 0.15) is 0 Å². The van der Waals surface area contributed by atoms with E-state index in [0.29, 0.717) is 29.2 Å². The summed E-state index contributed by atoms with van der Waals surface area (Å²) < 4.78 is 4.73. The van der Waals surface area contributed by atoms with Crippen LogP contribution in [0.3, 0.4) is 0 Å². The van der Waals surface area contributed by atoms with Crippen LogP contribution >= 0.6 is 11.6 Å². The van der Waals surface area contributed by atoms with Crippen LogP contribution in [0.2, 0.25) is 5.02 Å². The van der Waals surface area contributed by atoms with E-state index in [2.05, 4.69) is 10.6 Å². The predicted molar refractivity (Wildman–Crippen MR) is 120 cm³/mol. The predicted octanol–water partition coefficient (Wildman–Crippen LogP) is 3.93. The Labute approximate surface area is 187 Å². The van der Waals surface area contributed by atoms with Crippen molar-refractivity contribution in [3.8, 4) is 0 Å². The third kappa shape index (κ3) is 7.00. The van der Waals surface area contributed by atoms with Crippen LogP contribution < -0.4 is 10.6 Å². The van der Waals surface area contributed by atoms with E-state index in [0.717, 1.165) is 5.56 Å². The summed E-state index contributed by atoms with van der Waals surface area (Å²) in [5.74, 6) is -0.480. The third-order valence-corrected chi connectivity index (χ3v) is 5.23. The number of ether oxygens (including phenoxy) is 1. The number of halogens is 1. The number of carbonyl (C=O) groups excluding carboxylic acids is 3. The second kappa shape index (κ2) is 12.0. The minimum absolute atomic E-state index is 0.0207. The summed E-state index contributed by atoms with van der Waals surface area (Å²) in [7, 11) is 1.29. The van der Waals surface area contributed by atoms with Crippen LogP contribution in [0.4, 0.5) is 4.79 Å². The lowest BCUT2D eigenvalue weighted by Crippen LogP contribution is -2.38. The Bertz CT molecular complexity index is 898. The molecule has 31 heavy (non-hydrogen) atoms. The average molecular weight is 446 g/mol. The average Bonchev–Trinajstić information content (AvgIpc) is 2.78. The van der Waals surface area contributed by atoms with Gasteiger partial charge in [0.25, 0.3) is 5.91 Å². The van der Waals surface area contributed by atoms with Crippen molar-refractivity contribution in [2.75, 3.05) is 20.2 Å². The summed E-state index contributed by atoms with van der Waals surface area (Å²) in [6, 6.07) is 13.0. The van der Waals surface area contributed by atoms with E-state index >= 15 is 0 Å². The largest absolute Gasteiger partial charge is 0.469 e. The maximum absolute atomic E-state index is 12.4. The van der Waals surface area contributed by atoms with E-state index in [1.54, 1.807) is 53.4 Å². The number of nitrogens with one attached hydrogen (secondary N) is 2. The van der Waals surface area contributed by atoms with E-state index in [1.165, 1.54) is 7.11 Å². The zero-order valence-corrected chi connectivity index (χ0v) is 18.7. The molecule has 166 valence electrons. The molecule has 0 spiro atoms. The van der Waals surface area contributed by atoms with Crippen molar-refractivity contribution >= 4 is 29.5 Å². The van der Waals surface area contributed by atoms with E-state index < -0.39 is 18.0 Å². The highest BCUT2D eigenvalue weighted by molar-refractivity contribution is 6.31. The Morgan fingerprint density at radius 1 is 1.03 bits per heavy atom. The summed E-state index contributed by atoms with van der Waals surface area (Å²) in [4.78, 5) is 38.3. The molecular formula is C23H28ClN3O4. The molecule has 0 aliphatic heterocycles. The van der Waals surface area contributed by atoms with Gasteiger partial charge in [-0.2, -0.15) is 0 Å². The van der Waals surface area contributed by atoms with Crippen molar-refractivity contribution in [1.82, 2.24) is 15.5 Å². The lowest BCUT2D eigenvalue weighted by molar-refractivity contribution is -0.141. The van der Waals surface area contributed by atoms with Crippen LogP contribution in [0, 0.1) is 0 Å². The SMILES string of the molecule is CCN(CC)C(=O)c1ccc(CNC(=O)NC(CC(=O)OC)c2ccccc2Cl)cc1. The molecule has 0 saturated carbocycles. The quantitative estimate of drug-likeness (QED) is 0.572. The Balaban J connectivity index is 1.99. The first-order valence-electron chi connectivity index (χ1n) is 10.1. The van der Waals surface area contributed by atoms with E-state index in [9.17, 15) is 14.4 Å². The van der Waals surface area contributed by atoms with Gasteiger partial charge >= 0.3 is 12.0 Å². The number of methoxy groups -OCH3 is 1. The molecular weight excluding hydrogens is 418 g/mol. The van der Waals surface area contributed by atoms with Crippen LogP contribution in [0.1, 0.15) is 47.8 Å². The minimum atomic E-state index is -0.629. The molecule has 2 rings (SSSR count). The van der Waals surface area contributed by atoms with Gasteiger partial charge in [-0.05, 0) is 43.2 Å². The standard InChI is InChI=1S/C23H28ClN3O4/c1-4-27(5-2)22(29)17-12-10-16(11-13-17)15-25-23(30)26-20(14-21(28)31-3)18-8-6-7-9-19(18)24/h6-13,20H,4-5,14-15H2,1-3H3,(H2,25,26,30). The molecule has 0 heterocycles. The van der Waals surface area contributed by atoms with Crippen molar-refractivity contribution in [3.05, 3.63) is 70.2 Å². The van der Waals surface area contributed by atoms with Gasteiger partial charge in [-0.15, -0.1) is 0 Å². The second-order valence-corrected chi connectivity index (χ2v) is 7.26. The van der Waals surface area contributed by atoms with Gasteiger partial charge in [0.05, 0.1) is 19.6 Å². The summed E-state index contributed by atoms with van der Waals surface area (Å²) in [5, 5.41) is 5.99. The van der Waals surface area contributed by atoms with Crippen molar-refractivity contribution in [2.24, 2.45) is 0 Å². The van der Waals surface area contributed by atoms with E-state index in [1.807, 2.05) is 13.8 Å². The molecule has 1 atom stereocenters. The first-order chi connectivity index (χ1) is 14.9. The molecule has 0 aliphatic rings. The van der Waals surface area contributed by atoms with Gasteiger partial charge in [-0.3, -0.25) is 9.59 Å². The lowest BCUT2D eigenvalue weighted by atomic mass is 10.0. The molecule has 0 radical (unpaired) electrons. The number of carbonyl (C=O) groups is 3. The Kier molecular flexibility index (Phi) is 9.34. The van der Waals surface area contributed by atoms with E-state index in [-0.39, 0.29) is 18.9 Å². The molecule has 0 bridgehead atoms. The van der Waals surface area contributed by atoms with Crippen LogP contribution in [-0.4, -0.2) is 43.0 Å². The topological polar surface area (TPSA) is 87.7 Å². The third-order valence-electron chi connectivity index (χ3n) is 4.89. The normalized spacial score (nSPS) is 11.4. The number of urea groups is 1. The maximum atomic E-state index is 12.4. The first kappa shape index (κ1) is 24.2. The van der Waals surface area contributed by atoms with E-state index in [4.69, 9.17) is 16.3 Å². The van der Waals surface area contributed by atoms with Crippen LogP contribution in [0.25, 0.3) is 0 Å². The summed E-state index contributed by atoms with van der Waals surface area (Å²) in [5.41, 5.74) is 2.08. The summed E-state index contributed by atoms with van der Waals surface area (Å²) in [6.07, 6.45) is -0.0458. The zero-order chi connectivity index (χ0) is 22.8. The van der Waals surface area contributed by atoms with Crippen LogP contribution in [0.15, 0.2) is 48.5 Å². The summed E-state index contributed by atoms with van der Waals surface area (Å²) in [6.45, 7) is 5.44. The molecule has 2 N–H and O–H groups in total. The molecule has 2 aromatic rings. The molecule has 1 unspecified atom stereocenters. The Morgan fingerprint density at radius 2 is 1.68 bits per heavy atom. The number of rotatable bonds is 9. The molecule has 2 aromatic carbocycles. The first-order valence-corrected chi connectivity index (χ1v) is 10.5. The number of nitrogens with zero attached hydrogens (tertiary/aromatic N) is 1. The molecule has 7 nitrogen and oxygen atoms in total. The summed E-state index contributed by atoms with van der Waals surface area (Å²) >= 11 is 6.23. The zero-order valence-electron chi connectivity index (χ0n) is 18.0. The molecule has 8 heteroatoms. The number of hydrogen-bond acceptors (Lipinski definition) is 4. The lowest BCUT2D eigenvalue weighted by Gasteiger charge is -2.20. The highest BCUT2D eigenvalue weighted by Gasteiger charge is 2.21. The van der Waals surface area contributed by atoms with Gasteiger partial charge in [-0.1, -0.05) is 41.9 Å². The van der Waals surface area contributed by atoms with Gasteiger partial charge in [-0.25, -0.2) is 4.79 Å². The molecule has 0 saturated heterocycles. The fourth-order valence-electron chi connectivity index (χ4n) is 3.10. The Morgan fingerprint density at radius 3 is 2.26 bits per heavy atom. The number of benzene rings is 2. The number of amides is 3. The van der Waals surface area contributed by atoms with Gasteiger partial charge in [0.15, 0.2) is 0 Å². The van der Waals surface area contributed by atoms with Crippen molar-refractivity contribution in [2.45, 2.75) is 32.9 Å². The smallest absolute Gasteiger partial charge is 0.315 e. The van der Waals surface area contributed by atoms with Crippen LogP contribution in [0.5, 0.6) is 0 Å². The minimum Gasteiger partial charge on any atom is -0.469 e. The maximum Gasteiger partial charge on any atom is 0.315 e. The Hall–Kier alpha value is -3.06. The molecule has 0 fully saturated rings. The number of esters is 1. The second-order valence-electron chi connectivity index (χ2n) is 6.86. The van der Waals surface area contributed by atoms with Crippen LogP contribution in [-0.2, 0) is 16.1 Å². The fourth-order valence-corrected chi connectivity index (χ4v) is 3.36. The fraction of sp³-hybridized carbons (Fsp3) is 0.348. The van der Waals surface area contributed by atoms with Crippen molar-refractivity contribution in [1.29, 1.82) is 0 Å². The van der Waals surface area contributed by atoms with Gasteiger partial charge in [0, 0.05) is 30.2 Å².